The number of nitrogens with two attached hydrogens (primary N) is 1. The maximum atomic E-state index is 12.3. The normalized spacial score (nSPS) is 26.7. The maximum absolute atomic E-state index is 12.3. The third kappa shape index (κ3) is 4.46. The number of carbonyl (C=O) groups is 1. The molecule has 0 aromatic carbocycles. The number of aliphatic hydroxyl groups is 2. The van der Waals surface area contributed by atoms with Gasteiger partial charge in [0.15, 0.2) is 23.8 Å². The summed E-state index contributed by atoms with van der Waals surface area (Å²) in [5.41, 5.74) is 5.10. The summed E-state index contributed by atoms with van der Waals surface area (Å²) in [5, 5.41) is 23.8. The van der Waals surface area contributed by atoms with E-state index in [1.165, 1.54) is 24.1 Å². The van der Waals surface area contributed by atoms with Gasteiger partial charge in [-0.2, -0.15) is 0 Å². The smallest absolute Gasteiger partial charge is 0.323 e. The largest absolute Gasteiger partial charge is 0.455 e. The number of aliphatic hydroxyl groups excluding tert-OH is 1. The highest BCUT2D eigenvalue weighted by Gasteiger charge is 2.56. The molecular weight excluding hydrogens is 439 g/mol. The molecule has 5 atom stereocenters. The molecule has 1 aliphatic rings. The van der Waals surface area contributed by atoms with Gasteiger partial charge >= 0.3 is 5.97 Å². The minimum absolute atomic E-state index is 0. The quantitative estimate of drug-likeness (QED) is 0.434. The van der Waals surface area contributed by atoms with E-state index in [1.807, 2.05) is 0 Å². The van der Waals surface area contributed by atoms with Crippen molar-refractivity contribution >= 4 is 47.8 Å². The van der Waals surface area contributed by atoms with Crippen LogP contribution in [0.25, 0.3) is 11.2 Å². The number of rotatable bonds is 6. The summed E-state index contributed by atoms with van der Waals surface area (Å²) < 4.78 is 12.8. The third-order valence-electron chi connectivity index (χ3n) is 4.98. The second kappa shape index (κ2) is 10.0. The van der Waals surface area contributed by atoms with Crippen LogP contribution in [0.4, 0.5) is 5.82 Å². The number of hydrogen-bond donors (Lipinski definition) is 4. The molecule has 170 valence electrons. The van der Waals surface area contributed by atoms with E-state index in [1.54, 1.807) is 20.9 Å². The summed E-state index contributed by atoms with van der Waals surface area (Å²) in [7, 11) is 1.71. The molecule has 3 rings (SSSR count). The molecule has 5 N–H and O–H groups in total. The zero-order valence-electron chi connectivity index (χ0n) is 17.1. The molecule has 3 heterocycles. The van der Waals surface area contributed by atoms with E-state index < -0.39 is 42.7 Å². The number of halogens is 2. The van der Waals surface area contributed by atoms with E-state index in [9.17, 15) is 15.0 Å². The molecule has 1 aliphatic heterocycles. The van der Waals surface area contributed by atoms with Crippen molar-refractivity contribution in [3.63, 3.8) is 0 Å². The number of esters is 1. The fraction of sp³-hybridized carbons (Fsp3) is 0.647. The number of carbonyl (C=O) groups excluding carboxylic acids is 1. The van der Waals surface area contributed by atoms with E-state index in [4.69, 9.17) is 15.2 Å². The van der Waals surface area contributed by atoms with Gasteiger partial charge in [0.05, 0.1) is 12.9 Å². The molecule has 0 aliphatic carbocycles. The van der Waals surface area contributed by atoms with Gasteiger partial charge in [0.25, 0.3) is 0 Å². The Morgan fingerprint density at radius 2 is 2.07 bits per heavy atom. The van der Waals surface area contributed by atoms with Gasteiger partial charge in [0, 0.05) is 7.05 Å². The third-order valence-corrected chi connectivity index (χ3v) is 4.98. The van der Waals surface area contributed by atoms with Crippen LogP contribution >= 0.6 is 24.8 Å². The van der Waals surface area contributed by atoms with Gasteiger partial charge in [0.2, 0.25) is 0 Å². The Bertz CT molecular complexity index is 864. The number of ether oxygens (including phenoxy) is 2. The SMILES string of the molecule is CNc1ncnc2c1ncn2[C@@H]1O[C@H](CO)[C@@H](OC(=O)[C@@H](N)C(C)C)[C@@]1(C)O.Cl.Cl. The molecule has 0 unspecified atom stereocenters. The number of aromatic nitrogens is 4. The lowest BCUT2D eigenvalue weighted by atomic mass is 9.95. The molecule has 30 heavy (non-hydrogen) atoms. The van der Waals surface area contributed by atoms with Crippen LogP contribution in [0.15, 0.2) is 12.7 Å². The minimum Gasteiger partial charge on any atom is -0.455 e. The zero-order valence-corrected chi connectivity index (χ0v) is 18.7. The molecule has 1 saturated heterocycles. The lowest BCUT2D eigenvalue weighted by Gasteiger charge is -2.30. The minimum atomic E-state index is -1.67. The van der Waals surface area contributed by atoms with Crippen LogP contribution in [0.5, 0.6) is 0 Å². The number of nitrogens with zero attached hydrogens (tertiary/aromatic N) is 4. The van der Waals surface area contributed by atoms with Crippen LogP contribution in [-0.4, -0.2) is 73.2 Å². The Morgan fingerprint density at radius 3 is 2.63 bits per heavy atom. The number of anilines is 1. The van der Waals surface area contributed by atoms with E-state index in [2.05, 4.69) is 20.3 Å². The molecular formula is C17H28Cl2N6O5. The van der Waals surface area contributed by atoms with Gasteiger partial charge < -0.3 is 30.7 Å². The molecule has 0 radical (unpaired) electrons. The van der Waals surface area contributed by atoms with Crippen molar-refractivity contribution in [1.82, 2.24) is 19.5 Å². The summed E-state index contributed by atoms with van der Waals surface area (Å²) in [5.74, 6) is -0.290. The summed E-state index contributed by atoms with van der Waals surface area (Å²) in [6.45, 7) is 4.60. The van der Waals surface area contributed by atoms with Gasteiger partial charge in [0.1, 0.15) is 29.6 Å². The first-order valence-electron chi connectivity index (χ1n) is 9.02. The second-order valence-corrected chi connectivity index (χ2v) is 7.36. The van der Waals surface area contributed by atoms with E-state index in [-0.39, 0.29) is 30.7 Å². The van der Waals surface area contributed by atoms with E-state index >= 15 is 0 Å². The molecule has 2 aromatic rings. The molecule has 0 amide bonds. The highest BCUT2D eigenvalue weighted by atomic mass is 35.5. The molecule has 0 saturated carbocycles. The van der Waals surface area contributed by atoms with Gasteiger partial charge in [-0.05, 0) is 12.8 Å². The first kappa shape index (κ1) is 26.3. The summed E-state index contributed by atoms with van der Waals surface area (Å²) in [6, 6.07) is -0.853. The van der Waals surface area contributed by atoms with Crippen molar-refractivity contribution in [2.75, 3.05) is 19.0 Å². The van der Waals surface area contributed by atoms with Crippen LogP contribution < -0.4 is 11.1 Å². The zero-order chi connectivity index (χ0) is 20.6. The predicted octanol–water partition coefficient (Wildman–Crippen LogP) is 0.247. The molecule has 2 aromatic heterocycles. The van der Waals surface area contributed by atoms with Crippen molar-refractivity contribution < 1.29 is 24.5 Å². The Kier molecular flexibility index (Phi) is 8.79. The van der Waals surface area contributed by atoms with Crippen LogP contribution in [0.3, 0.4) is 0 Å². The van der Waals surface area contributed by atoms with Gasteiger partial charge in [-0.15, -0.1) is 24.8 Å². The van der Waals surface area contributed by atoms with Crippen LogP contribution in [0.1, 0.15) is 27.0 Å². The van der Waals surface area contributed by atoms with Crippen molar-refractivity contribution in [1.29, 1.82) is 0 Å². The molecule has 1 fully saturated rings. The average Bonchev–Trinajstić information content (AvgIpc) is 3.19. The van der Waals surface area contributed by atoms with E-state index in [0.717, 1.165) is 0 Å². The first-order chi connectivity index (χ1) is 13.2. The Morgan fingerprint density at radius 1 is 1.40 bits per heavy atom. The second-order valence-electron chi connectivity index (χ2n) is 7.36. The first-order valence-corrected chi connectivity index (χ1v) is 9.02. The highest BCUT2D eigenvalue weighted by molar-refractivity contribution is 5.85. The number of fused-ring (bicyclic) bond motifs is 1. The van der Waals surface area contributed by atoms with Crippen molar-refractivity contribution in [3.05, 3.63) is 12.7 Å². The van der Waals surface area contributed by atoms with Gasteiger partial charge in [-0.1, -0.05) is 13.8 Å². The number of imidazole rings is 1. The summed E-state index contributed by atoms with van der Waals surface area (Å²) in [6.07, 6.45) is -0.243. The van der Waals surface area contributed by atoms with Crippen molar-refractivity contribution in [2.45, 2.75) is 50.8 Å². The van der Waals surface area contributed by atoms with Crippen molar-refractivity contribution in [2.24, 2.45) is 11.7 Å². The van der Waals surface area contributed by atoms with Crippen LogP contribution in [0.2, 0.25) is 0 Å². The van der Waals surface area contributed by atoms with Crippen LogP contribution in [0, 0.1) is 5.92 Å². The molecule has 0 spiro atoms. The Labute approximate surface area is 186 Å². The lowest BCUT2D eigenvalue weighted by molar-refractivity contribution is -0.166. The van der Waals surface area contributed by atoms with Crippen LogP contribution in [-0.2, 0) is 14.3 Å². The lowest BCUT2D eigenvalue weighted by Crippen LogP contribution is -2.50. The summed E-state index contributed by atoms with van der Waals surface area (Å²) in [4.78, 5) is 24.9. The fourth-order valence-electron chi connectivity index (χ4n) is 3.26. The monoisotopic (exact) mass is 466 g/mol. The van der Waals surface area contributed by atoms with Gasteiger partial charge in [-0.3, -0.25) is 9.36 Å². The van der Waals surface area contributed by atoms with E-state index in [0.29, 0.717) is 17.0 Å². The number of nitrogens with one attached hydrogen (secondary N) is 1. The molecule has 0 bridgehead atoms. The molecule has 13 heteroatoms. The topological polar surface area (TPSA) is 158 Å². The Balaban J connectivity index is 0.00000225. The Hall–Kier alpha value is -1.76. The fourth-order valence-corrected chi connectivity index (χ4v) is 3.26. The predicted molar refractivity (Wildman–Crippen MR) is 114 cm³/mol. The average molecular weight is 467 g/mol. The highest BCUT2D eigenvalue weighted by Crippen LogP contribution is 2.41. The number of hydrogen-bond acceptors (Lipinski definition) is 10. The van der Waals surface area contributed by atoms with Crippen molar-refractivity contribution in [3.8, 4) is 0 Å². The maximum Gasteiger partial charge on any atom is 0.323 e. The van der Waals surface area contributed by atoms with Gasteiger partial charge in [-0.25, -0.2) is 15.0 Å². The standard InChI is InChI=1S/C17H26N6O5.2ClH/c1-8(2)10(18)15(25)28-12-9(5-24)27-16(17(12,3)26)23-7-22-11-13(19-4)20-6-21-14(11)23;;/h6-10,12,16,24,26H,5,18H2,1-4H3,(H,19,20,21);2*1H/t9-,10+,12-,16-,17-;;/m1../s1. The summed E-state index contributed by atoms with van der Waals surface area (Å²) >= 11 is 0. The molecule has 11 nitrogen and oxygen atoms in total.